The van der Waals surface area contributed by atoms with Gasteiger partial charge in [-0.25, -0.2) is 18.5 Å². The smallest absolute Gasteiger partial charge is 0.308 e. The monoisotopic (exact) mass is 670 g/mol. The number of carbonyl (C=O) groups excluding carboxylic acids is 3. The number of benzene rings is 3. The number of imide groups is 1. The number of sulfonamides is 1. The van der Waals surface area contributed by atoms with Crippen molar-refractivity contribution in [3.63, 3.8) is 0 Å². The van der Waals surface area contributed by atoms with Gasteiger partial charge in [-0.05, 0) is 66.2 Å². The van der Waals surface area contributed by atoms with Crippen molar-refractivity contribution in [2.24, 2.45) is 11.1 Å². The van der Waals surface area contributed by atoms with E-state index < -0.39 is 49.7 Å². The molecule has 1 aromatic heterocycles. The lowest BCUT2D eigenvalue weighted by Crippen LogP contribution is -2.33. The number of nitrogens with two attached hydrogens (primary N) is 1. The molecule has 3 amide bonds. The van der Waals surface area contributed by atoms with Gasteiger partial charge in [0.25, 0.3) is 0 Å². The van der Waals surface area contributed by atoms with Gasteiger partial charge in [0.05, 0.1) is 28.6 Å². The quantitative estimate of drug-likeness (QED) is 0.282. The van der Waals surface area contributed by atoms with Crippen LogP contribution < -0.4 is 25.0 Å². The normalized spacial score (nSPS) is 19.4. The van der Waals surface area contributed by atoms with Crippen LogP contribution in [0.3, 0.4) is 0 Å². The Morgan fingerprint density at radius 1 is 0.977 bits per heavy atom. The van der Waals surface area contributed by atoms with E-state index in [0.29, 0.717) is 37.6 Å². The van der Waals surface area contributed by atoms with Gasteiger partial charge in [0, 0.05) is 21.5 Å². The summed E-state index contributed by atoms with van der Waals surface area (Å²) in [5.41, 5.74) is 1.41. The number of methoxy groups -OCH3 is 1. The summed E-state index contributed by atoms with van der Waals surface area (Å²) >= 11 is 8.07. The van der Waals surface area contributed by atoms with Gasteiger partial charge in [-0.1, -0.05) is 46.8 Å². The fraction of sp³-hybridized carbons (Fsp3) is 0.172. The Kier molecular flexibility index (Phi) is 7.88. The van der Waals surface area contributed by atoms with Crippen molar-refractivity contribution in [2.45, 2.75) is 27.6 Å². The first-order valence-electron chi connectivity index (χ1n) is 13.1. The lowest BCUT2D eigenvalue weighted by atomic mass is 9.83. The van der Waals surface area contributed by atoms with Crippen molar-refractivity contribution in [3.8, 4) is 5.75 Å². The summed E-state index contributed by atoms with van der Waals surface area (Å²) in [5, 5.41) is 7.82. The van der Waals surface area contributed by atoms with E-state index in [1.165, 1.54) is 35.9 Å². The minimum atomic E-state index is -3.90. The molecule has 1 fully saturated rings. The lowest BCUT2D eigenvalue weighted by molar-refractivity contribution is -0.122. The van der Waals surface area contributed by atoms with E-state index in [4.69, 9.17) is 21.5 Å². The Labute approximate surface area is 264 Å². The predicted octanol–water partition coefficient (Wildman–Crippen LogP) is 3.65. The average molecular weight is 671 g/mol. The second-order valence-electron chi connectivity index (χ2n) is 10.0. The number of carbonyl (C=O) groups is 3. The molecule has 3 unspecified atom stereocenters. The average Bonchev–Trinajstić information content (AvgIpc) is 3.43. The van der Waals surface area contributed by atoms with Crippen LogP contribution in [0.4, 0.5) is 11.4 Å². The molecule has 0 spiro atoms. The van der Waals surface area contributed by atoms with Crippen molar-refractivity contribution < 1.29 is 27.5 Å². The van der Waals surface area contributed by atoms with Gasteiger partial charge in [-0.2, -0.15) is 0 Å². The summed E-state index contributed by atoms with van der Waals surface area (Å²) in [4.78, 5) is 55.4. The second-order valence-corrected chi connectivity index (χ2v) is 14.2. The molecule has 1 saturated heterocycles. The van der Waals surface area contributed by atoms with E-state index in [2.05, 4.69) is 5.32 Å². The molecule has 3 N–H and O–H groups in total. The molecule has 3 aromatic carbocycles. The zero-order valence-electron chi connectivity index (χ0n) is 22.8. The van der Waals surface area contributed by atoms with Crippen LogP contribution in [0.2, 0.25) is 5.02 Å². The SMILES string of the molecule is COc1ccc(C2c3sc(=O)n(CC(=O)Nc4ccc(S(N)(=O)=O)cc4)c3SC3C(=O)N(c4ccc(Cl)cc4)C(=O)C32)cc1. The molecule has 0 bridgehead atoms. The first kappa shape index (κ1) is 30.1. The van der Waals surface area contributed by atoms with Crippen molar-refractivity contribution in [2.75, 3.05) is 17.3 Å². The van der Waals surface area contributed by atoms with E-state index >= 15 is 0 Å². The van der Waals surface area contributed by atoms with Gasteiger partial charge >= 0.3 is 4.87 Å². The van der Waals surface area contributed by atoms with Crippen LogP contribution in [0.15, 0.2) is 87.5 Å². The molecule has 0 aliphatic carbocycles. The fourth-order valence-electron chi connectivity index (χ4n) is 5.34. The molecule has 15 heteroatoms. The standard InChI is InChI=1S/C29H23ClN4O7S3/c1-41-19-10-2-15(3-11-19)22-23-24(27(37)34(26(23)36)18-8-4-16(30)5-9-18)42-28-25(22)43-29(38)33(28)14-21(35)32-17-6-12-20(13-7-17)44(31,39)40/h2-13,22-24H,14H2,1H3,(H,32,35)(H2,31,39,40). The minimum Gasteiger partial charge on any atom is -0.497 e. The molecule has 6 rings (SSSR count). The highest BCUT2D eigenvalue weighted by Gasteiger charge is 2.56. The van der Waals surface area contributed by atoms with E-state index in [1.807, 2.05) is 0 Å². The highest BCUT2D eigenvalue weighted by molar-refractivity contribution is 8.00. The first-order chi connectivity index (χ1) is 21.0. The Morgan fingerprint density at radius 3 is 2.25 bits per heavy atom. The number of hydrogen-bond acceptors (Lipinski definition) is 9. The number of halogens is 1. The summed E-state index contributed by atoms with van der Waals surface area (Å²) in [6.07, 6.45) is 0. The Morgan fingerprint density at radius 2 is 1.64 bits per heavy atom. The Bertz CT molecular complexity index is 1960. The molecular formula is C29H23ClN4O7S3. The Balaban J connectivity index is 1.37. The maximum atomic E-state index is 14.0. The number of amides is 3. The number of nitrogens with zero attached hydrogens (tertiary/aromatic N) is 2. The maximum Gasteiger partial charge on any atom is 0.308 e. The third-order valence-electron chi connectivity index (χ3n) is 7.38. The summed E-state index contributed by atoms with van der Waals surface area (Å²) in [5.74, 6) is -2.20. The van der Waals surface area contributed by atoms with Crippen molar-refractivity contribution in [1.29, 1.82) is 0 Å². The highest BCUT2D eigenvalue weighted by atomic mass is 35.5. The van der Waals surface area contributed by atoms with E-state index in [0.717, 1.165) is 28.0 Å². The zero-order valence-corrected chi connectivity index (χ0v) is 26.0. The number of rotatable bonds is 7. The molecule has 2 aliphatic rings. The third kappa shape index (κ3) is 5.43. The van der Waals surface area contributed by atoms with Crippen LogP contribution in [0.25, 0.3) is 0 Å². The summed E-state index contributed by atoms with van der Waals surface area (Å²) in [6, 6.07) is 18.8. The molecule has 3 heterocycles. The molecule has 2 aliphatic heterocycles. The van der Waals surface area contributed by atoms with Gasteiger partial charge in [-0.15, -0.1) is 0 Å². The molecule has 0 radical (unpaired) electrons. The third-order valence-corrected chi connectivity index (χ3v) is 11.2. The van der Waals surface area contributed by atoms with Crippen molar-refractivity contribution in [1.82, 2.24) is 4.57 Å². The van der Waals surface area contributed by atoms with Crippen LogP contribution in [0.5, 0.6) is 5.75 Å². The summed E-state index contributed by atoms with van der Waals surface area (Å²) < 4.78 is 29.7. The van der Waals surface area contributed by atoms with E-state index in [9.17, 15) is 27.6 Å². The van der Waals surface area contributed by atoms with E-state index in [1.54, 1.807) is 48.5 Å². The molecule has 44 heavy (non-hydrogen) atoms. The first-order valence-corrected chi connectivity index (χ1v) is 16.7. The Hall–Kier alpha value is -3.95. The lowest BCUT2D eigenvalue weighted by Gasteiger charge is -2.30. The highest BCUT2D eigenvalue weighted by Crippen LogP contribution is 2.54. The number of fused-ring (bicyclic) bond motifs is 2. The van der Waals surface area contributed by atoms with Crippen molar-refractivity contribution >= 4 is 73.8 Å². The molecule has 3 atom stereocenters. The van der Waals surface area contributed by atoms with Crippen LogP contribution in [0.1, 0.15) is 16.4 Å². The number of thioether (sulfide) groups is 1. The summed E-state index contributed by atoms with van der Waals surface area (Å²) in [6.45, 7) is -0.371. The van der Waals surface area contributed by atoms with Crippen LogP contribution in [-0.4, -0.2) is 43.1 Å². The summed E-state index contributed by atoms with van der Waals surface area (Å²) in [7, 11) is -2.37. The topological polar surface area (TPSA) is 158 Å². The molecule has 4 aromatic rings. The van der Waals surface area contributed by atoms with Crippen LogP contribution >= 0.6 is 34.7 Å². The predicted molar refractivity (Wildman–Crippen MR) is 167 cm³/mol. The second kappa shape index (κ2) is 11.5. The zero-order chi connectivity index (χ0) is 31.3. The fourth-order valence-corrected chi connectivity index (χ4v) is 8.76. The van der Waals surface area contributed by atoms with Crippen LogP contribution in [0, 0.1) is 5.92 Å². The van der Waals surface area contributed by atoms with Crippen LogP contribution in [-0.2, 0) is 31.0 Å². The van der Waals surface area contributed by atoms with Crippen molar-refractivity contribution in [3.05, 3.63) is 97.9 Å². The van der Waals surface area contributed by atoms with Gasteiger partial charge in [0.15, 0.2) is 0 Å². The van der Waals surface area contributed by atoms with E-state index in [-0.39, 0.29) is 11.4 Å². The largest absolute Gasteiger partial charge is 0.497 e. The number of thiazole rings is 1. The molecular weight excluding hydrogens is 648 g/mol. The van der Waals surface area contributed by atoms with Gasteiger partial charge in [-0.3, -0.25) is 23.7 Å². The number of ether oxygens (including phenoxy) is 1. The molecule has 0 saturated carbocycles. The van der Waals surface area contributed by atoms with Gasteiger partial charge in [0.2, 0.25) is 27.7 Å². The number of hydrogen-bond donors (Lipinski definition) is 2. The van der Waals surface area contributed by atoms with Gasteiger partial charge < -0.3 is 10.1 Å². The number of anilines is 2. The number of primary sulfonamides is 1. The van der Waals surface area contributed by atoms with Gasteiger partial charge in [0.1, 0.15) is 17.5 Å². The molecule has 226 valence electrons. The number of nitrogens with one attached hydrogen (secondary N) is 1. The maximum absolute atomic E-state index is 14.0. The molecule has 11 nitrogen and oxygen atoms in total. The minimum absolute atomic E-state index is 0.113. The number of aromatic nitrogens is 1.